The summed E-state index contributed by atoms with van der Waals surface area (Å²) >= 11 is 7.34. The number of amides is 2. The van der Waals surface area contributed by atoms with E-state index in [9.17, 15) is 9.59 Å². The van der Waals surface area contributed by atoms with Crippen LogP contribution in [0.5, 0.6) is 0 Å². The number of hydrogen-bond acceptors (Lipinski definition) is 5. The van der Waals surface area contributed by atoms with E-state index < -0.39 is 0 Å². The van der Waals surface area contributed by atoms with E-state index in [4.69, 9.17) is 11.6 Å². The zero-order chi connectivity index (χ0) is 24.2. The number of carbonyl (C=O) groups excluding carboxylic acids is 2. The maximum absolute atomic E-state index is 13.3. The Morgan fingerprint density at radius 2 is 1.94 bits per heavy atom. The Hall–Kier alpha value is -2.84. The molecule has 0 spiro atoms. The number of rotatable bonds is 7. The van der Waals surface area contributed by atoms with Crippen LogP contribution in [0.4, 0.5) is 5.69 Å². The molecule has 2 aromatic carbocycles. The third kappa shape index (κ3) is 5.13. The molecule has 178 valence electrons. The van der Waals surface area contributed by atoms with Crippen molar-refractivity contribution in [2.45, 2.75) is 51.4 Å². The molecular weight excluding hydrogens is 470 g/mol. The first-order chi connectivity index (χ1) is 16.4. The van der Waals surface area contributed by atoms with Crippen molar-refractivity contribution in [2.24, 2.45) is 0 Å². The molecule has 2 heterocycles. The molecule has 9 heteroatoms. The average Bonchev–Trinajstić information content (AvgIpc) is 3.46. The maximum Gasteiger partial charge on any atom is 0.254 e. The minimum absolute atomic E-state index is 0.0261. The van der Waals surface area contributed by atoms with E-state index in [2.05, 4.69) is 15.5 Å². The van der Waals surface area contributed by atoms with Gasteiger partial charge in [-0.2, -0.15) is 0 Å². The van der Waals surface area contributed by atoms with E-state index in [1.807, 2.05) is 60.6 Å². The normalized spacial score (nSPS) is 15.5. The molecule has 2 amide bonds. The quantitative estimate of drug-likeness (QED) is 0.449. The fourth-order valence-corrected chi connectivity index (χ4v) is 5.32. The summed E-state index contributed by atoms with van der Waals surface area (Å²) < 4.78 is 2.01. The smallest absolute Gasteiger partial charge is 0.254 e. The van der Waals surface area contributed by atoms with Gasteiger partial charge in [0.1, 0.15) is 0 Å². The van der Waals surface area contributed by atoms with Crippen molar-refractivity contribution >= 4 is 40.9 Å². The topological polar surface area (TPSA) is 80.1 Å². The van der Waals surface area contributed by atoms with Crippen molar-refractivity contribution in [1.82, 2.24) is 19.7 Å². The highest BCUT2D eigenvalue weighted by Crippen LogP contribution is 2.34. The first kappa shape index (κ1) is 24.3. The summed E-state index contributed by atoms with van der Waals surface area (Å²) in [5, 5.41) is 13.1. The predicted molar refractivity (Wildman–Crippen MR) is 135 cm³/mol. The molecule has 1 N–H and O–H groups in total. The fraction of sp³-hybridized carbons (Fsp3) is 0.360. The second-order valence-electron chi connectivity index (χ2n) is 8.35. The number of hydrogen-bond donors (Lipinski definition) is 1. The second kappa shape index (κ2) is 10.6. The van der Waals surface area contributed by atoms with Crippen LogP contribution in [0.25, 0.3) is 0 Å². The standard InChI is InChI=1S/C25H28ClN5O2S/c1-4-30-23(21-10-7-13-31(21)24(33)19-9-6-5-8-16(19)2)28-29-25(30)34-15-22(32)27-20-12-11-18(26)14-17(20)3/h5-6,8-9,11-12,14,21H,4,7,10,13,15H2,1-3H3,(H,27,32). The predicted octanol–water partition coefficient (Wildman–Crippen LogP) is 5.28. The zero-order valence-corrected chi connectivity index (χ0v) is 21.1. The molecule has 3 aromatic rings. The lowest BCUT2D eigenvalue weighted by Gasteiger charge is -2.25. The van der Waals surface area contributed by atoms with Crippen LogP contribution in [0, 0.1) is 13.8 Å². The molecule has 1 saturated heterocycles. The molecule has 0 radical (unpaired) electrons. The number of carbonyl (C=O) groups is 2. The van der Waals surface area contributed by atoms with Crippen molar-refractivity contribution in [1.29, 1.82) is 0 Å². The highest BCUT2D eigenvalue weighted by atomic mass is 35.5. The summed E-state index contributed by atoms with van der Waals surface area (Å²) in [4.78, 5) is 27.7. The van der Waals surface area contributed by atoms with Gasteiger partial charge in [0, 0.05) is 29.4 Å². The summed E-state index contributed by atoms with van der Waals surface area (Å²) in [6.07, 6.45) is 1.76. The maximum atomic E-state index is 13.3. The van der Waals surface area contributed by atoms with Gasteiger partial charge in [0.2, 0.25) is 5.91 Å². The second-order valence-corrected chi connectivity index (χ2v) is 9.73. The Labute approximate surface area is 208 Å². The molecule has 4 rings (SSSR count). The van der Waals surface area contributed by atoms with Crippen LogP contribution in [0.1, 0.15) is 53.1 Å². The SMILES string of the molecule is CCn1c(SCC(=O)Nc2ccc(Cl)cc2C)nnc1C1CCCN1C(=O)c1ccccc1C. The van der Waals surface area contributed by atoms with Gasteiger partial charge in [0.05, 0.1) is 11.8 Å². The minimum atomic E-state index is -0.126. The molecule has 1 unspecified atom stereocenters. The fourth-order valence-electron chi connectivity index (χ4n) is 4.28. The average molecular weight is 498 g/mol. The van der Waals surface area contributed by atoms with Crippen LogP contribution in [0.3, 0.4) is 0 Å². The lowest BCUT2D eigenvalue weighted by molar-refractivity contribution is -0.113. The lowest BCUT2D eigenvalue weighted by Crippen LogP contribution is -2.32. The van der Waals surface area contributed by atoms with Crippen LogP contribution < -0.4 is 5.32 Å². The van der Waals surface area contributed by atoms with Crippen LogP contribution in [-0.4, -0.2) is 43.8 Å². The van der Waals surface area contributed by atoms with E-state index in [1.54, 1.807) is 12.1 Å². The van der Waals surface area contributed by atoms with Crippen molar-refractivity contribution < 1.29 is 9.59 Å². The molecule has 1 aliphatic rings. The Morgan fingerprint density at radius 3 is 2.68 bits per heavy atom. The number of benzene rings is 2. The van der Waals surface area contributed by atoms with Gasteiger partial charge in [-0.05, 0) is 69.0 Å². The number of anilines is 1. The first-order valence-corrected chi connectivity index (χ1v) is 12.7. The minimum Gasteiger partial charge on any atom is -0.328 e. The zero-order valence-electron chi connectivity index (χ0n) is 19.5. The molecule has 0 saturated carbocycles. The van der Waals surface area contributed by atoms with Crippen LogP contribution >= 0.6 is 23.4 Å². The molecule has 34 heavy (non-hydrogen) atoms. The van der Waals surface area contributed by atoms with Gasteiger partial charge in [-0.15, -0.1) is 10.2 Å². The molecule has 7 nitrogen and oxygen atoms in total. The molecule has 1 aliphatic heterocycles. The van der Waals surface area contributed by atoms with Gasteiger partial charge in [-0.1, -0.05) is 41.6 Å². The Balaban J connectivity index is 1.47. The van der Waals surface area contributed by atoms with Crippen molar-refractivity contribution in [3.63, 3.8) is 0 Å². The van der Waals surface area contributed by atoms with Crippen LogP contribution in [0.2, 0.25) is 5.02 Å². The number of thioether (sulfide) groups is 1. The number of nitrogens with one attached hydrogen (secondary N) is 1. The molecule has 1 aromatic heterocycles. The highest BCUT2D eigenvalue weighted by Gasteiger charge is 2.35. The number of halogens is 1. The van der Waals surface area contributed by atoms with Crippen molar-refractivity contribution in [3.8, 4) is 0 Å². The Bertz CT molecular complexity index is 1210. The van der Waals surface area contributed by atoms with E-state index in [1.165, 1.54) is 11.8 Å². The van der Waals surface area contributed by atoms with Crippen molar-refractivity contribution in [3.05, 3.63) is 70.0 Å². The largest absolute Gasteiger partial charge is 0.328 e. The first-order valence-electron chi connectivity index (χ1n) is 11.4. The van der Waals surface area contributed by atoms with Gasteiger partial charge in [0.25, 0.3) is 5.91 Å². The molecular formula is C25H28ClN5O2S. The number of likely N-dealkylation sites (tertiary alicyclic amines) is 1. The van der Waals surface area contributed by atoms with Gasteiger partial charge in [-0.3, -0.25) is 9.59 Å². The van der Waals surface area contributed by atoms with Gasteiger partial charge in [-0.25, -0.2) is 0 Å². The van der Waals surface area contributed by atoms with Crippen LogP contribution in [-0.2, 0) is 11.3 Å². The number of aryl methyl sites for hydroxylation is 2. The van der Waals surface area contributed by atoms with E-state index in [-0.39, 0.29) is 23.6 Å². The number of nitrogens with zero attached hydrogens (tertiary/aromatic N) is 4. The summed E-state index contributed by atoms with van der Waals surface area (Å²) in [5.41, 5.74) is 3.34. The molecule has 1 atom stereocenters. The third-order valence-electron chi connectivity index (χ3n) is 6.04. The highest BCUT2D eigenvalue weighted by molar-refractivity contribution is 7.99. The molecule has 1 fully saturated rings. The third-order valence-corrected chi connectivity index (χ3v) is 7.25. The van der Waals surface area contributed by atoms with E-state index in [0.29, 0.717) is 23.3 Å². The Morgan fingerprint density at radius 1 is 1.15 bits per heavy atom. The van der Waals surface area contributed by atoms with Gasteiger partial charge >= 0.3 is 0 Å². The molecule has 0 aliphatic carbocycles. The summed E-state index contributed by atoms with van der Waals surface area (Å²) in [6, 6.07) is 12.9. The van der Waals surface area contributed by atoms with E-state index in [0.717, 1.165) is 41.0 Å². The summed E-state index contributed by atoms with van der Waals surface area (Å²) in [6.45, 7) is 7.24. The monoisotopic (exact) mass is 497 g/mol. The summed E-state index contributed by atoms with van der Waals surface area (Å²) in [7, 11) is 0. The molecule has 0 bridgehead atoms. The Kier molecular flexibility index (Phi) is 7.58. The lowest BCUT2D eigenvalue weighted by atomic mass is 10.1. The summed E-state index contributed by atoms with van der Waals surface area (Å²) in [5.74, 6) is 0.882. The van der Waals surface area contributed by atoms with Gasteiger partial charge in [0.15, 0.2) is 11.0 Å². The van der Waals surface area contributed by atoms with Crippen molar-refractivity contribution in [2.75, 3.05) is 17.6 Å². The number of aromatic nitrogens is 3. The van der Waals surface area contributed by atoms with Gasteiger partial charge < -0.3 is 14.8 Å². The van der Waals surface area contributed by atoms with E-state index >= 15 is 0 Å². The van der Waals surface area contributed by atoms with Crippen LogP contribution in [0.15, 0.2) is 47.6 Å².